The number of fused-ring (bicyclic) bond motifs is 1. The molecule has 3 rings (SSSR count). The van der Waals surface area contributed by atoms with Crippen LogP contribution in [0, 0.1) is 0 Å². The van der Waals surface area contributed by atoms with Gasteiger partial charge in [-0.05, 0) is 48.2 Å². The van der Waals surface area contributed by atoms with Gasteiger partial charge in [-0.3, -0.25) is 9.59 Å². The van der Waals surface area contributed by atoms with Crippen molar-refractivity contribution in [2.45, 2.75) is 25.9 Å². The fraction of sp³-hybridized carbons (Fsp3) is 0.263. The Morgan fingerprint density at radius 1 is 1.24 bits per heavy atom. The Kier molecular flexibility index (Phi) is 4.61. The molecule has 0 saturated heterocycles. The van der Waals surface area contributed by atoms with Crippen LogP contribution in [-0.2, 0) is 16.0 Å². The monoisotopic (exact) mass is 341 g/mol. The lowest BCUT2D eigenvalue weighted by Gasteiger charge is -2.23. The van der Waals surface area contributed by atoms with Gasteiger partial charge >= 0.3 is 5.97 Å². The number of anilines is 1. The van der Waals surface area contributed by atoms with Crippen LogP contribution in [0.4, 0.5) is 5.69 Å². The third-order valence-corrected chi connectivity index (χ3v) is 4.14. The molecule has 2 aromatic carbocycles. The van der Waals surface area contributed by atoms with Crippen LogP contribution >= 0.6 is 0 Å². The molecule has 0 radical (unpaired) electrons. The van der Waals surface area contributed by atoms with Gasteiger partial charge in [0.2, 0.25) is 0 Å². The van der Waals surface area contributed by atoms with E-state index in [2.05, 4.69) is 5.32 Å². The quantitative estimate of drug-likeness (QED) is 0.873. The van der Waals surface area contributed by atoms with Gasteiger partial charge in [-0.15, -0.1) is 0 Å². The summed E-state index contributed by atoms with van der Waals surface area (Å²) in [7, 11) is 1.56. The molecule has 1 aliphatic rings. The first kappa shape index (κ1) is 16.8. The van der Waals surface area contributed by atoms with Crippen LogP contribution < -0.4 is 14.8 Å². The number of hydrogen-bond acceptors (Lipinski definition) is 4. The molecule has 0 spiro atoms. The minimum Gasteiger partial charge on any atom is -0.496 e. The average molecular weight is 341 g/mol. The largest absolute Gasteiger partial charge is 0.496 e. The maximum atomic E-state index is 11.8. The molecule has 0 bridgehead atoms. The number of amides is 1. The number of hydrogen-bond donors (Lipinski definition) is 2. The second-order valence-electron chi connectivity index (χ2n) is 5.88. The Hall–Kier alpha value is -3.02. The first-order chi connectivity index (χ1) is 12.0. The second-order valence-corrected chi connectivity index (χ2v) is 5.88. The zero-order chi connectivity index (χ0) is 18.0. The minimum atomic E-state index is -0.842. The fourth-order valence-electron chi connectivity index (χ4n) is 2.76. The van der Waals surface area contributed by atoms with Crippen molar-refractivity contribution in [1.82, 2.24) is 0 Å². The summed E-state index contributed by atoms with van der Waals surface area (Å²) in [6.07, 6.45) is -0.0482. The van der Waals surface area contributed by atoms with Crippen LogP contribution in [0.1, 0.15) is 18.9 Å². The summed E-state index contributed by atoms with van der Waals surface area (Å²) in [5, 5.41) is 11.7. The van der Waals surface area contributed by atoms with Crippen LogP contribution in [0.2, 0.25) is 0 Å². The van der Waals surface area contributed by atoms with Crippen molar-refractivity contribution in [1.29, 1.82) is 0 Å². The van der Waals surface area contributed by atoms with Gasteiger partial charge in [-0.1, -0.05) is 18.2 Å². The van der Waals surface area contributed by atoms with E-state index < -0.39 is 12.1 Å². The third-order valence-electron chi connectivity index (χ3n) is 4.14. The van der Waals surface area contributed by atoms with Crippen molar-refractivity contribution >= 4 is 17.6 Å². The number of carboxylic acid groups (broad SMARTS) is 1. The summed E-state index contributed by atoms with van der Waals surface area (Å²) in [6.45, 7) is 1.70. The number of ether oxygens (including phenoxy) is 2. The molecule has 25 heavy (non-hydrogen) atoms. The highest BCUT2D eigenvalue weighted by molar-refractivity contribution is 5.98. The average Bonchev–Trinajstić information content (AvgIpc) is 2.60. The Morgan fingerprint density at radius 3 is 2.68 bits per heavy atom. The minimum absolute atomic E-state index is 0.0517. The van der Waals surface area contributed by atoms with Gasteiger partial charge in [0, 0.05) is 6.42 Å². The molecular weight excluding hydrogens is 322 g/mol. The smallest absolute Gasteiger partial charge is 0.303 e. The van der Waals surface area contributed by atoms with Gasteiger partial charge in [0.1, 0.15) is 11.5 Å². The number of aliphatic carboxylic acids is 1. The summed E-state index contributed by atoms with van der Waals surface area (Å²) in [6, 6.07) is 11.2. The maximum absolute atomic E-state index is 11.8. The molecule has 1 amide bonds. The number of benzene rings is 2. The van der Waals surface area contributed by atoms with Crippen molar-refractivity contribution in [2.24, 2.45) is 0 Å². The molecule has 1 aliphatic heterocycles. The van der Waals surface area contributed by atoms with Crippen molar-refractivity contribution in [3.8, 4) is 22.6 Å². The Balaban J connectivity index is 1.90. The molecule has 6 nitrogen and oxygen atoms in total. The zero-order valence-corrected chi connectivity index (χ0v) is 14.0. The van der Waals surface area contributed by atoms with E-state index in [0.717, 1.165) is 16.7 Å². The number of carbonyl (C=O) groups excluding carboxylic acids is 1. The standard InChI is InChI=1S/C19H19NO5/c1-11-19(23)20-15-9-13(5-7-16(15)25-11)14-4-3-12(6-8-18(21)22)17(10-14)24-2/h3-5,7,9-11H,6,8H2,1-2H3,(H,20,23)(H,21,22). The molecule has 1 heterocycles. The molecule has 0 aliphatic carbocycles. The third kappa shape index (κ3) is 3.57. The van der Waals surface area contributed by atoms with Gasteiger partial charge in [0.15, 0.2) is 6.10 Å². The van der Waals surface area contributed by atoms with Crippen LogP contribution in [0.5, 0.6) is 11.5 Å². The first-order valence-electron chi connectivity index (χ1n) is 7.98. The van der Waals surface area contributed by atoms with Crippen molar-refractivity contribution in [2.75, 3.05) is 12.4 Å². The SMILES string of the molecule is COc1cc(-c2ccc3c(c2)NC(=O)C(C)O3)ccc1CCC(=O)O. The van der Waals surface area contributed by atoms with Crippen molar-refractivity contribution in [3.05, 3.63) is 42.0 Å². The molecule has 1 unspecified atom stereocenters. The number of carbonyl (C=O) groups is 2. The molecule has 2 N–H and O–H groups in total. The van der Waals surface area contributed by atoms with Crippen LogP contribution in [0.3, 0.4) is 0 Å². The predicted molar refractivity (Wildman–Crippen MR) is 93.1 cm³/mol. The van der Waals surface area contributed by atoms with E-state index >= 15 is 0 Å². The van der Waals surface area contributed by atoms with E-state index in [0.29, 0.717) is 23.6 Å². The van der Waals surface area contributed by atoms with E-state index in [1.807, 2.05) is 36.4 Å². The van der Waals surface area contributed by atoms with E-state index in [4.69, 9.17) is 14.6 Å². The molecule has 2 aromatic rings. The van der Waals surface area contributed by atoms with Crippen LogP contribution in [-0.4, -0.2) is 30.2 Å². The topological polar surface area (TPSA) is 84.9 Å². The Labute approximate surface area is 145 Å². The highest BCUT2D eigenvalue weighted by Crippen LogP contribution is 2.35. The predicted octanol–water partition coefficient (Wildman–Crippen LogP) is 3.10. The highest BCUT2D eigenvalue weighted by Gasteiger charge is 2.23. The first-order valence-corrected chi connectivity index (χ1v) is 7.98. The molecule has 6 heteroatoms. The molecule has 0 aromatic heterocycles. The normalized spacial score (nSPS) is 15.8. The number of nitrogens with one attached hydrogen (secondary N) is 1. The number of aryl methyl sites for hydroxylation is 1. The van der Waals surface area contributed by atoms with Gasteiger partial charge in [-0.25, -0.2) is 0 Å². The molecule has 130 valence electrons. The lowest BCUT2D eigenvalue weighted by molar-refractivity contribution is -0.137. The maximum Gasteiger partial charge on any atom is 0.303 e. The summed E-state index contributed by atoms with van der Waals surface area (Å²) in [4.78, 5) is 22.5. The molecule has 0 saturated carbocycles. The van der Waals surface area contributed by atoms with Crippen LogP contribution in [0.25, 0.3) is 11.1 Å². The Morgan fingerprint density at radius 2 is 1.96 bits per heavy atom. The van der Waals surface area contributed by atoms with Gasteiger partial charge in [0.05, 0.1) is 12.8 Å². The lowest BCUT2D eigenvalue weighted by Crippen LogP contribution is -2.34. The molecule has 1 atom stereocenters. The number of carboxylic acids is 1. The van der Waals surface area contributed by atoms with Gasteiger partial charge < -0.3 is 19.9 Å². The molecule has 0 fully saturated rings. The van der Waals surface area contributed by atoms with Gasteiger partial charge in [-0.2, -0.15) is 0 Å². The number of methoxy groups -OCH3 is 1. The van der Waals surface area contributed by atoms with E-state index in [9.17, 15) is 9.59 Å². The second kappa shape index (κ2) is 6.84. The zero-order valence-electron chi connectivity index (χ0n) is 14.0. The summed E-state index contributed by atoms with van der Waals surface area (Å²) < 4.78 is 11.0. The number of rotatable bonds is 5. The highest BCUT2D eigenvalue weighted by atomic mass is 16.5. The van der Waals surface area contributed by atoms with Crippen molar-refractivity contribution < 1.29 is 24.2 Å². The lowest BCUT2D eigenvalue weighted by atomic mass is 10.00. The summed E-state index contributed by atoms with van der Waals surface area (Å²) in [5.74, 6) is 0.267. The summed E-state index contributed by atoms with van der Waals surface area (Å²) in [5.41, 5.74) is 3.29. The summed E-state index contributed by atoms with van der Waals surface area (Å²) >= 11 is 0. The van der Waals surface area contributed by atoms with E-state index in [1.165, 1.54) is 0 Å². The van der Waals surface area contributed by atoms with Crippen LogP contribution in [0.15, 0.2) is 36.4 Å². The fourth-order valence-corrected chi connectivity index (χ4v) is 2.76. The molecular formula is C19H19NO5. The van der Waals surface area contributed by atoms with E-state index in [1.54, 1.807) is 14.0 Å². The van der Waals surface area contributed by atoms with E-state index in [-0.39, 0.29) is 12.3 Å². The van der Waals surface area contributed by atoms with Gasteiger partial charge in [0.25, 0.3) is 5.91 Å². The van der Waals surface area contributed by atoms with Crippen molar-refractivity contribution in [3.63, 3.8) is 0 Å². The Bertz CT molecular complexity index is 831.